The molecule has 18 heteroatoms. The molecule has 0 aromatic carbocycles. The number of hydrogen-bond donors (Lipinski definition) is 4. The Morgan fingerprint density at radius 3 is 0.683 bits per heavy atom. The maximum absolute atomic E-state index is 13.1. The first kappa shape index (κ1) is 118. The fourth-order valence-electron chi connectivity index (χ4n) is 13.7. The lowest BCUT2D eigenvalue weighted by Gasteiger charge is -2.21. The Kier molecular flexibility index (Phi) is 92.5. The van der Waals surface area contributed by atoms with Crippen LogP contribution in [0.5, 0.6) is 0 Å². The van der Waals surface area contributed by atoms with Crippen LogP contribution in [0.2, 0.25) is 0 Å². The standard InChI is InChI=1S/C105H182O16P2/c1-4-7-10-13-16-19-22-25-28-31-34-37-40-43-45-46-47-48-49-50-51-52-54-57-58-61-64-67-70-73-76-79-82-85-88-91-103(108)115-94-100(106)95-117-122(111,112)118-96-101(107)97-119-123(113,114)120-99-102(121-105(110)93-90-87-84-81-78-75-72-69-66-63-60-55-42-39-36-33-30-27-24-21-18-15-12-9-6-3)98-116-104(109)92-89-86-83-80-77-74-71-68-65-62-59-56-53-44-41-38-35-32-29-26-23-20-17-14-11-8-5-2/h8,11,16-21,25-30,34-39,43-45,53,55,60,100-102,106-107H,4-7,9-10,12-15,22-24,31-33,40-42,46-52,54,56-59,61-99H2,1-3H3,(H,111,112)(H,113,114)/b11-8-,19-16-,20-17-,21-18-,28-25-,29-26-,30-27-,37-34-,38-35-,39-36-,45-43-,53-44-,60-55-. The molecule has 0 bridgehead atoms. The van der Waals surface area contributed by atoms with Gasteiger partial charge < -0.3 is 34.2 Å². The van der Waals surface area contributed by atoms with E-state index in [1.165, 1.54) is 218 Å². The number of ether oxygens (including phenoxy) is 3. The van der Waals surface area contributed by atoms with Crippen LogP contribution in [0.25, 0.3) is 0 Å². The Bertz CT molecular complexity index is 2870. The van der Waals surface area contributed by atoms with E-state index in [1.807, 2.05) is 0 Å². The summed E-state index contributed by atoms with van der Waals surface area (Å²) >= 11 is 0. The number of carbonyl (C=O) groups is 3. The number of unbranched alkanes of at least 4 members (excludes halogenated alkanes) is 45. The van der Waals surface area contributed by atoms with Crippen LogP contribution in [0.1, 0.15) is 432 Å². The van der Waals surface area contributed by atoms with Crippen LogP contribution < -0.4 is 0 Å². The van der Waals surface area contributed by atoms with Crippen molar-refractivity contribution in [3.8, 4) is 0 Å². The van der Waals surface area contributed by atoms with Gasteiger partial charge in [-0.3, -0.25) is 32.5 Å². The SMILES string of the molecule is CC/C=C\C/C=C\C/C=C\C/C=C\C/C=C\CCCCCCCCCCCCCC(=O)OCC(COP(=O)(O)OCC(O)COP(=O)(O)OCC(O)COC(=O)CCCCCCCCCCCCCCCCCCCCC/C=C\C/C=C\C/C=C\C/C=C\CCCCC)OC(=O)CCCCCCCCCCC/C=C\C/C=C\C/C=C\C/C=C\CCCCC. The minimum atomic E-state index is -4.95. The van der Waals surface area contributed by atoms with Crippen LogP contribution in [0.15, 0.2) is 158 Å². The van der Waals surface area contributed by atoms with Crippen LogP contribution in [-0.4, -0.2) is 95.9 Å². The highest BCUT2D eigenvalue weighted by atomic mass is 31.2. The number of allylic oxidation sites excluding steroid dienone is 26. The van der Waals surface area contributed by atoms with Gasteiger partial charge in [-0.1, -0.05) is 416 Å². The number of esters is 3. The van der Waals surface area contributed by atoms with Crippen molar-refractivity contribution in [3.63, 3.8) is 0 Å². The summed E-state index contributed by atoms with van der Waals surface area (Å²) in [7, 11) is -9.82. The van der Waals surface area contributed by atoms with Gasteiger partial charge in [-0.15, -0.1) is 0 Å². The lowest BCUT2D eigenvalue weighted by Crippen LogP contribution is -2.30. The Hall–Kier alpha value is -4.83. The zero-order valence-electron chi connectivity index (χ0n) is 78.3. The van der Waals surface area contributed by atoms with Crippen LogP contribution in [0.3, 0.4) is 0 Å². The normalized spacial score (nSPS) is 14.4. The molecule has 123 heavy (non-hydrogen) atoms. The van der Waals surface area contributed by atoms with Crippen molar-refractivity contribution in [1.29, 1.82) is 0 Å². The predicted molar refractivity (Wildman–Crippen MR) is 519 cm³/mol. The van der Waals surface area contributed by atoms with Crippen LogP contribution in [0, 0.1) is 0 Å². The number of rotatable bonds is 94. The summed E-state index contributed by atoms with van der Waals surface area (Å²) in [5, 5.41) is 20.8. The fourth-order valence-corrected chi connectivity index (χ4v) is 15.3. The molecule has 5 unspecified atom stereocenters. The highest BCUT2D eigenvalue weighted by molar-refractivity contribution is 7.47. The van der Waals surface area contributed by atoms with Gasteiger partial charge in [0, 0.05) is 19.3 Å². The van der Waals surface area contributed by atoms with E-state index in [-0.39, 0.29) is 19.3 Å². The van der Waals surface area contributed by atoms with Gasteiger partial charge in [0.1, 0.15) is 25.4 Å². The predicted octanol–water partition coefficient (Wildman–Crippen LogP) is 31.2. The number of carbonyl (C=O) groups excluding carboxylic acids is 3. The van der Waals surface area contributed by atoms with E-state index in [9.17, 15) is 43.5 Å². The third-order valence-electron chi connectivity index (χ3n) is 21.2. The summed E-state index contributed by atoms with van der Waals surface area (Å²) < 4.78 is 61.6. The Balaban J connectivity index is 4.56. The van der Waals surface area contributed by atoms with E-state index in [2.05, 4.69) is 179 Å². The van der Waals surface area contributed by atoms with Gasteiger partial charge in [0.15, 0.2) is 6.10 Å². The lowest BCUT2D eigenvalue weighted by atomic mass is 10.0. The zero-order valence-corrected chi connectivity index (χ0v) is 80.1. The van der Waals surface area contributed by atoms with E-state index >= 15 is 0 Å². The second-order valence-electron chi connectivity index (χ2n) is 33.2. The van der Waals surface area contributed by atoms with Crippen molar-refractivity contribution in [2.24, 2.45) is 0 Å². The molecule has 0 saturated heterocycles. The van der Waals surface area contributed by atoms with Crippen molar-refractivity contribution in [3.05, 3.63) is 158 Å². The summed E-state index contributed by atoms with van der Waals surface area (Å²) in [6.45, 7) is 2.57. The average molecular weight is 1760 g/mol. The van der Waals surface area contributed by atoms with Crippen LogP contribution in [-0.2, 0) is 55.8 Å². The molecule has 0 amide bonds. The molecule has 0 aromatic heterocycles. The quantitative estimate of drug-likeness (QED) is 0.0146. The number of phosphoric ester groups is 2. The minimum absolute atomic E-state index is 0.0938. The molecule has 0 aromatic rings. The second kappa shape index (κ2) is 96.3. The number of aliphatic hydroxyl groups is 2. The van der Waals surface area contributed by atoms with Gasteiger partial charge in [-0.05, 0) is 154 Å². The van der Waals surface area contributed by atoms with Crippen molar-refractivity contribution < 1.29 is 75.8 Å². The smallest absolute Gasteiger partial charge is 0.463 e. The van der Waals surface area contributed by atoms with E-state index in [0.717, 1.165) is 154 Å². The molecule has 0 aliphatic heterocycles. The molecular formula is C105H182O16P2. The maximum atomic E-state index is 13.1. The fraction of sp³-hybridized carbons (Fsp3) is 0.724. The van der Waals surface area contributed by atoms with E-state index < -0.39 is 91.5 Å². The molecule has 0 rings (SSSR count). The molecule has 0 aliphatic carbocycles. The average Bonchev–Trinajstić information content (AvgIpc) is 0.893. The molecule has 0 aliphatic rings. The van der Waals surface area contributed by atoms with E-state index in [4.69, 9.17) is 32.3 Å². The largest absolute Gasteiger partial charge is 0.472 e. The summed E-state index contributed by atoms with van der Waals surface area (Å²) in [5.74, 6) is -1.57. The number of aliphatic hydroxyl groups excluding tert-OH is 2. The Morgan fingerprint density at radius 1 is 0.236 bits per heavy atom. The third-order valence-corrected chi connectivity index (χ3v) is 23.1. The maximum Gasteiger partial charge on any atom is 0.472 e. The second-order valence-corrected chi connectivity index (χ2v) is 36.1. The Morgan fingerprint density at radius 2 is 0.431 bits per heavy atom. The van der Waals surface area contributed by atoms with Gasteiger partial charge in [0.05, 0.1) is 26.4 Å². The zero-order chi connectivity index (χ0) is 89.3. The molecule has 5 atom stereocenters. The van der Waals surface area contributed by atoms with Crippen LogP contribution >= 0.6 is 15.6 Å². The number of hydrogen-bond acceptors (Lipinski definition) is 14. The molecule has 4 N–H and O–H groups in total. The van der Waals surface area contributed by atoms with Crippen LogP contribution in [0.4, 0.5) is 0 Å². The molecule has 16 nitrogen and oxygen atoms in total. The molecule has 0 fully saturated rings. The van der Waals surface area contributed by atoms with Crippen molar-refractivity contribution in [1.82, 2.24) is 0 Å². The molecule has 0 radical (unpaired) electrons. The summed E-state index contributed by atoms with van der Waals surface area (Å²) in [6.07, 6.45) is 124. The molecule has 0 saturated carbocycles. The summed E-state index contributed by atoms with van der Waals surface area (Å²) in [4.78, 5) is 59.1. The van der Waals surface area contributed by atoms with Crippen molar-refractivity contribution in [2.45, 2.75) is 450 Å². The van der Waals surface area contributed by atoms with E-state index in [1.54, 1.807) is 0 Å². The van der Waals surface area contributed by atoms with Gasteiger partial charge in [0.2, 0.25) is 0 Å². The topological polar surface area (TPSA) is 231 Å². The van der Waals surface area contributed by atoms with E-state index in [0.29, 0.717) is 19.3 Å². The highest BCUT2D eigenvalue weighted by Crippen LogP contribution is 2.45. The Labute approximate surface area is 752 Å². The molecule has 0 spiro atoms. The summed E-state index contributed by atoms with van der Waals surface area (Å²) in [6, 6.07) is 0. The van der Waals surface area contributed by atoms with Gasteiger partial charge in [-0.25, -0.2) is 9.13 Å². The molecular weight excluding hydrogens is 1580 g/mol. The number of phosphoric acid groups is 2. The molecule has 708 valence electrons. The van der Waals surface area contributed by atoms with Crippen molar-refractivity contribution >= 4 is 33.6 Å². The summed E-state index contributed by atoms with van der Waals surface area (Å²) in [5.41, 5.74) is 0. The van der Waals surface area contributed by atoms with Gasteiger partial charge in [0.25, 0.3) is 0 Å². The lowest BCUT2D eigenvalue weighted by molar-refractivity contribution is -0.161. The first-order valence-corrected chi connectivity index (χ1v) is 52.8. The minimum Gasteiger partial charge on any atom is -0.463 e. The first-order chi connectivity index (χ1) is 60.2. The van der Waals surface area contributed by atoms with Crippen molar-refractivity contribution in [2.75, 3.05) is 39.6 Å². The monoisotopic (exact) mass is 1760 g/mol. The van der Waals surface area contributed by atoms with Gasteiger partial charge in [-0.2, -0.15) is 0 Å². The third kappa shape index (κ3) is 97.6. The highest BCUT2D eigenvalue weighted by Gasteiger charge is 2.30. The molecule has 0 heterocycles. The van der Waals surface area contributed by atoms with Gasteiger partial charge >= 0.3 is 33.6 Å². The first-order valence-electron chi connectivity index (χ1n) is 49.8.